The van der Waals surface area contributed by atoms with Crippen LogP contribution in [0.25, 0.3) is 10.6 Å². The van der Waals surface area contributed by atoms with E-state index in [-0.39, 0.29) is 5.69 Å². The van der Waals surface area contributed by atoms with E-state index >= 15 is 0 Å². The lowest BCUT2D eigenvalue weighted by Gasteiger charge is -2.44. The minimum absolute atomic E-state index is 0.153. The number of hydrogen-bond acceptors (Lipinski definition) is 8. The van der Waals surface area contributed by atoms with Crippen LogP contribution in [0, 0.1) is 0 Å². The summed E-state index contributed by atoms with van der Waals surface area (Å²) in [6, 6.07) is 8.86. The lowest BCUT2D eigenvalue weighted by molar-refractivity contribution is 0.00893. The van der Waals surface area contributed by atoms with E-state index in [1.165, 1.54) is 32.4 Å². The van der Waals surface area contributed by atoms with Gasteiger partial charge in [0, 0.05) is 42.3 Å². The molecule has 0 amide bonds. The molecular weight excluding hydrogens is 438 g/mol. The third-order valence-corrected chi connectivity index (χ3v) is 8.42. The van der Waals surface area contributed by atoms with Crippen molar-refractivity contribution in [2.45, 2.75) is 57.2 Å². The summed E-state index contributed by atoms with van der Waals surface area (Å²) in [6.45, 7) is 3.55. The maximum absolute atomic E-state index is 11.8. The van der Waals surface area contributed by atoms with E-state index in [1.54, 1.807) is 16.2 Å². The molecule has 2 aliphatic heterocycles. The Morgan fingerprint density at radius 1 is 1.00 bits per heavy atom. The Labute approximate surface area is 195 Å². The number of aromatic hydroxyl groups is 1. The predicted molar refractivity (Wildman–Crippen MR) is 128 cm³/mol. The highest BCUT2D eigenvalue weighted by molar-refractivity contribution is 7.15. The second kappa shape index (κ2) is 8.25. The molecule has 1 saturated heterocycles. The zero-order valence-electron chi connectivity index (χ0n) is 18.5. The number of rotatable bonds is 5. The molecule has 1 saturated carbocycles. The van der Waals surface area contributed by atoms with Crippen LogP contribution >= 0.6 is 11.3 Å². The van der Waals surface area contributed by atoms with Crippen molar-refractivity contribution in [2.24, 2.45) is 0 Å². The van der Waals surface area contributed by atoms with Crippen molar-refractivity contribution >= 4 is 17.0 Å². The molecule has 8 heteroatoms. The highest BCUT2D eigenvalue weighted by Gasteiger charge is 2.35. The van der Waals surface area contributed by atoms with Crippen molar-refractivity contribution < 1.29 is 9.84 Å². The van der Waals surface area contributed by atoms with Crippen LogP contribution in [0.4, 0.5) is 5.69 Å². The summed E-state index contributed by atoms with van der Waals surface area (Å²) in [5, 5.41) is 10.7. The van der Waals surface area contributed by atoms with Crippen LogP contribution in [0.2, 0.25) is 0 Å². The molecule has 1 aliphatic carbocycles. The number of anilines is 1. The molecule has 0 radical (unpaired) electrons. The van der Waals surface area contributed by atoms with E-state index < -0.39 is 16.6 Å². The average molecular weight is 466 g/mol. The van der Waals surface area contributed by atoms with Gasteiger partial charge in [-0.15, -0.1) is 11.3 Å². The van der Waals surface area contributed by atoms with Gasteiger partial charge in [-0.2, -0.15) is 0 Å². The molecule has 0 atom stereocenters. The smallest absolute Gasteiger partial charge is 0.271 e. The molecular formula is C25H27N3O4S. The van der Waals surface area contributed by atoms with Crippen molar-refractivity contribution in [2.75, 3.05) is 24.5 Å². The Kier molecular flexibility index (Phi) is 5.22. The summed E-state index contributed by atoms with van der Waals surface area (Å²) in [5.74, 6) is 0.501. The summed E-state index contributed by atoms with van der Waals surface area (Å²) in [4.78, 5) is 33.5. The quantitative estimate of drug-likeness (QED) is 0.580. The highest BCUT2D eigenvalue weighted by Crippen LogP contribution is 2.36. The predicted octanol–water partition coefficient (Wildman–Crippen LogP) is 3.07. The van der Waals surface area contributed by atoms with Gasteiger partial charge in [0.25, 0.3) is 10.9 Å². The van der Waals surface area contributed by atoms with Gasteiger partial charge in [-0.1, -0.05) is 6.42 Å². The van der Waals surface area contributed by atoms with E-state index in [1.807, 2.05) is 12.1 Å². The van der Waals surface area contributed by atoms with Crippen molar-refractivity contribution in [1.29, 1.82) is 0 Å². The largest absolute Gasteiger partial charge is 0.502 e. The number of thiazole rings is 1. The molecule has 3 heterocycles. The number of hydrogen-bond donors (Lipinski definition) is 1. The topological polar surface area (TPSA) is 83.0 Å². The van der Waals surface area contributed by atoms with Crippen molar-refractivity contribution in [1.82, 2.24) is 9.88 Å². The van der Waals surface area contributed by atoms with Crippen molar-refractivity contribution in [3.05, 3.63) is 55.3 Å². The molecule has 0 unspecified atom stereocenters. The Morgan fingerprint density at radius 3 is 2.48 bits per heavy atom. The molecule has 3 aliphatic rings. The molecule has 33 heavy (non-hydrogen) atoms. The van der Waals surface area contributed by atoms with Gasteiger partial charge in [-0.05, 0) is 50.2 Å². The molecule has 7 nitrogen and oxygen atoms in total. The number of aromatic nitrogens is 1. The van der Waals surface area contributed by atoms with Crippen molar-refractivity contribution in [3.8, 4) is 22.1 Å². The van der Waals surface area contributed by atoms with E-state index in [0.29, 0.717) is 31.7 Å². The first-order valence-corrected chi connectivity index (χ1v) is 12.7. The minimum Gasteiger partial charge on any atom is -0.502 e. The molecule has 0 spiro atoms. The van der Waals surface area contributed by atoms with Crippen LogP contribution in [0.1, 0.15) is 42.7 Å². The highest BCUT2D eigenvalue weighted by atomic mass is 32.1. The number of piperidine rings is 1. The van der Waals surface area contributed by atoms with E-state index in [4.69, 9.17) is 9.72 Å². The monoisotopic (exact) mass is 465 g/mol. The number of benzene rings is 1. The number of fused-ring (bicyclic) bond motifs is 1. The van der Waals surface area contributed by atoms with E-state index in [2.05, 4.69) is 17.0 Å². The van der Waals surface area contributed by atoms with Gasteiger partial charge in [0.15, 0.2) is 5.75 Å². The zero-order chi connectivity index (χ0) is 22.5. The van der Waals surface area contributed by atoms with Crippen molar-refractivity contribution in [3.63, 3.8) is 0 Å². The van der Waals surface area contributed by atoms with Crippen LogP contribution < -0.4 is 20.5 Å². The molecule has 3 aromatic rings. The Hall–Kier alpha value is -2.71. The molecule has 172 valence electrons. The Balaban J connectivity index is 1.08. The number of nitrogens with zero attached hydrogens (tertiary/aromatic N) is 3. The molecule has 6 rings (SSSR count). The van der Waals surface area contributed by atoms with E-state index in [0.717, 1.165) is 39.7 Å². The van der Waals surface area contributed by atoms with Gasteiger partial charge in [-0.25, -0.2) is 4.98 Å². The van der Waals surface area contributed by atoms with Gasteiger partial charge >= 0.3 is 0 Å². The average Bonchev–Trinajstić information content (AvgIpc) is 3.25. The minimum atomic E-state index is -0.785. The first kappa shape index (κ1) is 20.9. The van der Waals surface area contributed by atoms with Gasteiger partial charge in [0.2, 0.25) is 0 Å². The van der Waals surface area contributed by atoms with Gasteiger partial charge in [0.1, 0.15) is 22.5 Å². The Morgan fingerprint density at radius 2 is 1.76 bits per heavy atom. The molecule has 2 fully saturated rings. The first-order valence-electron chi connectivity index (χ1n) is 11.8. The van der Waals surface area contributed by atoms with Crippen LogP contribution in [-0.4, -0.2) is 46.8 Å². The summed E-state index contributed by atoms with van der Waals surface area (Å²) < 4.78 is 6.19. The standard InChI is InChI=1S/C25H27N3O4S/c29-22-21(23(30)24(22)31)28-11-8-19-20(14-28)33-25(26-19)15-4-6-17(7-5-15)32-18-12-16(13-18)27-9-2-1-3-10-27/h4-7,16,18,29H,1-3,8-14H2/t16-,18-. The maximum atomic E-state index is 11.8. The van der Waals surface area contributed by atoms with Crippen LogP contribution in [0.3, 0.4) is 0 Å². The molecule has 1 N–H and O–H groups in total. The second-order valence-electron chi connectivity index (χ2n) is 9.40. The molecule has 1 aromatic heterocycles. The summed E-state index contributed by atoms with van der Waals surface area (Å²) >= 11 is 1.60. The Bertz CT molecular complexity index is 1230. The summed E-state index contributed by atoms with van der Waals surface area (Å²) in [5.41, 5.74) is 0.852. The number of likely N-dealkylation sites (tertiary alicyclic amines) is 1. The van der Waals surface area contributed by atoms with Gasteiger partial charge in [0.05, 0.1) is 12.2 Å². The number of ether oxygens (including phenoxy) is 1. The summed E-state index contributed by atoms with van der Waals surface area (Å²) in [6.07, 6.45) is 7.28. The lowest BCUT2D eigenvalue weighted by atomic mass is 9.86. The fraction of sp³-hybridized carbons (Fsp3) is 0.480. The second-order valence-corrected chi connectivity index (χ2v) is 10.5. The van der Waals surface area contributed by atoms with Gasteiger partial charge < -0.3 is 19.6 Å². The first-order chi connectivity index (χ1) is 16.1. The fourth-order valence-electron chi connectivity index (χ4n) is 5.26. The molecule has 0 bridgehead atoms. The zero-order valence-corrected chi connectivity index (χ0v) is 19.3. The van der Waals surface area contributed by atoms with E-state index in [9.17, 15) is 14.7 Å². The van der Waals surface area contributed by atoms with Gasteiger partial charge in [-0.3, -0.25) is 9.59 Å². The van der Waals surface area contributed by atoms with Crippen LogP contribution in [0.15, 0.2) is 33.9 Å². The normalized spacial score (nSPS) is 23.3. The summed E-state index contributed by atoms with van der Waals surface area (Å²) in [7, 11) is 0. The van der Waals surface area contributed by atoms with Crippen LogP contribution in [0.5, 0.6) is 11.5 Å². The maximum Gasteiger partial charge on any atom is 0.271 e. The fourth-order valence-corrected chi connectivity index (χ4v) is 6.38. The van der Waals surface area contributed by atoms with Crippen LogP contribution in [-0.2, 0) is 13.0 Å². The third kappa shape index (κ3) is 3.75. The SMILES string of the molecule is O=c1c(O)c(N2CCc3nc(-c4ccc(O[C@H]5C[C@H](N6CCCCC6)C5)cc4)sc3C2)c1=O. The lowest BCUT2D eigenvalue weighted by Crippen LogP contribution is -2.50. The molecule has 2 aromatic carbocycles. The third-order valence-electron chi connectivity index (χ3n) is 7.29.